The average Bonchev–Trinajstić information content (AvgIpc) is 3.75. The predicted molar refractivity (Wildman–Crippen MR) is 172 cm³/mol. The minimum atomic E-state index is -1.86. The number of H-pyrrole nitrogens is 2. The van der Waals surface area contributed by atoms with Crippen molar-refractivity contribution in [1.29, 1.82) is 0 Å². The monoisotopic (exact) mass is 728 g/mol. The fourth-order valence-electron chi connectivity index (χ4n) is 4.06. The summed E-state index contributed by atoms with van der Waals surface area (Å²) in [6.45, 7) is 0. The van der Waals surface area contributed by atoms with E-state index in [1.54, 1.807) is 0 Å². The van der Waals surface area contributed by atoms with Crippen molar-refractivity contribution < 1.29 is 53.7 Å². The normalized spacial score (nSPS) is 14.5. The number of amides is 5. The fraction of sp³-hybridized carbons (Fsp3) is 0.462. The van der Waals surface area contributed by atoms with E-state index in [1.165, 1.54) is 25.0 Å². The zero-order valence-corrected chi connectivity index (χ0v) is 27.3. The summed E-state index contributed by atoms with van der Waals surface area (Å²) >= 11 is 7.78. The van der Waals surface area contributed by atoms with Crippen molar-refractivity contribution >= 4 is 72.7 Å². The van der Waals surface area contributed by atoms with Crippen LogP contribution in [0.2, 0.25) is 0 Å². The molecular weight excluding hydrogens is 692 g/mol. The minimum absolute atomic E-state index is 0.134. The van der Waals surface area contributed by atoms with Gasteiger partial charge in [-0.05, 0) is 0 Å². The van der Waals surface area contributed by atoms with E-state index < -0.39 is 96.5 Å². The quantitative estimate of drug-likeness (QED) is 0.0540. The first-order chi connectivity index (χ1) is 23.1. The van der Waals surface area contributed by atoms with Crippen LogP contribution in [-0.2, 0) is 51.2 Å². The van der Waals surface area contributed by atoms with Crippen LogP contribution in [0.3, 0.4) is 0 Å². The molecular formula is C26H36N10O11S2. The summed E-state index contributed by atoms with van der Waals surface area (Å²) in [7, 11) is 0. The number of nitrogens with zero attached hydrogens (tertiary/aromatic N) is 2. The Labute approximate surface area is 288 Å². The van der Waals surface area contributed by atoms with Crippen LogP contribution in [0.4, 0.5) is 0 Å². The first kappa shape index (κ1) is 40.0. The van der Waals surface area contributed by atoms with Gasteiger partial charge in [-0.2, -0.15) is 25.3 Å². The van der Waals surface area contributed by atoms with Crippen molar-refractivity contribution in [3.05, 3.63) is 36.4 Å². The Kier molecular flexibility index (Phi) is 16.0. The molecule has 0 saturated heterocycles. The third kappa shape index (κ3) is 13.5. The van der Waals surface area contributed by atoms with Crippen molar-refractivity contribution in [3.63, 3.8) is 0 Å². The Bertz CT molecular complexity index is 1480. The van der Waals surface area contributed by atoms with Crippen LogP contribution in [0.1, 0.15) is 24.2 Å². The lowest BCUT2D eigenvalue weighted by Gasteiger charge is -2.26. The third-order valence-electron chi connectivity index (χ3n) is 6.58. The van der Waals surface area contributed by atoms with Crippen molar-refractivity contribution in [3.8, 4) is 0 Å². The molecule has 0 aromatic carbocycles. The molecule has 5 amide bonds. The van der Waals surface area contributed by atoms with Gasteiger partial charge >= 0.3 is 17.9 Å². The number of nitrogens with two attached hydrogens (primary N) is 1. The van der Waals surface area contributed by atoms with Gasteiger partial charge in [0.15, 0.2) is 0 Å². The van der Waals surface area contributed by atoms with Crippen molar-refractivity contribution in [1.82, 2.24) is 46.5 Å². The topological polar surface area (TPSA) is 341 Å². The molecule has 2 aromatic rings. The summed E-state index contributed by atoms with van der Waals surface area (Å²) in [5.74, 6) is -10.2. The average molecular weight is 729 g/mol. The van der Waals surface area contributed by atoms with Crippen LogP contribution in [0.15, 0.2) is 25.0 Å². The zero-order valence-electron chi connectivity index (χ0n) is 25.5. The molecule has 0 bridgehead atoms. The molecule has 2 rings (SSSR count). The van der Waals surface area contributed by atoms with E-state index in [4.69, 9.17) is 5.73 Å². The van der Waals surface area contributed by atoms with Crippen molar-refractivity contribution in [2.75, 3.05) is 11.5 Å². The second-order valence-electron chi connectivity index (χ2n) is 10.4. The highest BCUT2D eigenvalue weighted by Crippen LogP contribution is 2.06. The van der Waals surface area contributed by atoms with Gasteiger partial charge in [-0.15, -0.1) is 0 Å². The Morgan fingerprint density at radius 2 is 0.980 bits per heavy atom. The Hall–Kier alpha value is -5.16. The summed E-state index contributed by atoms with van der Waals surface area (Å²) < 4.78 is 0. The van der Waals surface area contributed by atoms with E-state index in [0.29, 0.717) is 5.69 Å². The van der Waals surface area contributed by atoms with Gasteiger partial charge in [0.1, 0.15) is 30.2 Å². The lowest BCUT2D eigenvalue weighted by atomic mass is 10.1. The van der Waals surface area contributed by atoms with E-state index in [1.807, 2.05) is 0 Å². The zero-order chi connectivity index (χ0) is 36.7. The van der Waals surface area contributed by atoms with Gasteiger partial charge in [-0.25, -0.2) is 14.8 Å². The van der Waals surface area contributed by atoms with E-state index >= 15 is 0 Å². The second-order valence-corrected chi connectivity index (χ2v) is 11.1. The van der Waals surface area contributed by atoms with Gasteiger partial charge in [-0.1, -0.05) is 0 Å². The maximum atomic E-state index is 13.5. The number of hydrogen-bond acceptors (Lipinski definition) is 13. The van der Waals surface area contributed by atoms with E-state index in [2.05, 4.69) is 71.8 Å². The lowest BCUT2D eigenvalue weighted by Crippen LogP contribution is -2.60. The van der Waals surface area contributed by atoms with Gasteiger partial charge in [-0.3, -0.25) is 33.6 Å². The summed E-state index contributed by atoms with van der Waals surface area (Å²) in [5, 5.41) is 39.3. The number of thiol groups is 2. The number of carboxylic acids is 3. The van der Waals surface area contributed by atoms with Gasteiger partial charge in [0, 0.05) is 48.1 Å². The van der Waals surface area contributed by atoms with Gasteiger partial charge < -0.3 is 57.6 Å². The lowest BCUT2D eigenvalue weighted by molar-refractivity contribution is -0.143. The number of aromatic nitrogens is 4. The smallest absolute Gasteiger partial charge is 0.327 e. The molecule has 0 unspecified atom stereocenters. The highest BCUT2D eigenvalue weighted by Gasteiger charge is 2.34. The molecule has 0 radical (unpaired) electrons. The van der Waals surface area contributed by atoms with Gasteiger partial charge in [0.25, 0.3) is 0 Å². The molecule has 2 aromatic heterocycles. The molecule has 12 N–H and O–H groups in total. The molecule has 2 heterocycles. The molecule has 268 valence electrons. The van der Waals surface area contributed by atoms with Crippen LogP contribution >= 0.6 is 25.3 Å². The number of nitrogens with one attached hydrogen (secondary N) is 7. The molecule has 0 spiro atoms. The number of aromatic amines is 2. The maximum Gasteiger partial charge on any atom is 0.327 e. The van der Waals surface area contributed by atoms with Crippen LogP contribution in [-0.4, -0.2) is 130 Å². The van der Waals surface area contributed by atoms with E-state index in [9.17, 15) is 53.7 Å². The second kappa shape index (κ2) is 19.6. The van der Waals surface area contributed by atoms with Crippen LogP contribution in [0.25, 0.3) is 0 Å². The molecule has 0 aliphatic rings. The number of imidazole rings is 2. The fourth-order valence-corrected chi connectivity index (χ4v) is 4.47. The number of carbonyl (C=O) groups is 8. The third-order valence-corrected chi connectivity index (χ3v) is 7.34. The number of rotatable bonds is 21. The standard InChI is InChI=1S/C26H36N10O11S2/c27-13(7-48)21(41)32-16(3-19(37)38)24(44)33-14(1-11-5-28-9-30-11)22(42)35-17(4-20(39)40)25(45)34-15(2-12-6-29-10-31-12)23(43)36-18(8-49)26(46)47/h5-6,9-10,13-18,48-49H,1-4,7-8,27H2,(H,28,30)(H,29,31)(H,32,41)(H,33,44)(H,34,45)(H,35,42)(H,36,43)(H,37,38)(H,39,40)(H,46,47)/t13-,14-,15-,16-,17-,18-/m0/s1. The van der Waals surface area contributed by atoms with E-state index in [-0.39, 0.29) is 30.0 Å². The Balaban J connectivity index is 2.34. The van der Waals surface area contributed by atoms with Gasteiger partial charge in [0.2, 0.25) is 29.5 Å². The first-order valence-electron chi connectivity index (χ1n) is 14.2. The molecule has 0 saturated carbocycles. The molecule has 49 heavy (non-hydrogen) atoms. The molecule has 21 nitrogen and oxygen atoms in total. The summed E-state index contributed by atoms with van der Waals surface area (Å²) in [6.07, 6.45) is 2.66. The maximum absolute atomic E-state index is 13.5. The summed E-state index contributed by atoms with van der Waals surface area (Å²) in [6, 6.07) is -9.29. The summed E-state index contributed by atoms with van der Waals surface area (Å²) in [4.78, 5) is 113. The Morgan fingerprint density at radius 1 is 0.612 bits per heavy atom. The van der Waals surface area contributed by atoms with Crippen LogP contribution in [0, 0.1) is 0 Å². The first-order valence-corrected chi connectivity index (χ1v) is 15.5. The van der Waals surface area contributed by atoms with Crippen LogP contribution < -0.4 is 32.3 Å². The predicted octanol–water partition coefficient (Wildman–Crippen LogP) is -4.44. The molecule has 0 aliphatic heterocycles. The van der Waals surface area contributed by atoms with Crippen LogP contribution in [0.5, 0.6) is 0 Å². The number of carboxylic acid groups (broad SMARTS) is 3. The van der Waals surface area contributed by atoms with Crippen molar-refractivity contribution in [2.45, 2.75) is 61.9 Å². The molecule has 0 aliphatic carbocycles. The largest absolute Gasteiger partial charge is 0.481 e. The number of aliphatic carboxylic acids is 3. The number of hydrogen-bond donors (Lipinski definition) is 13. The van der Waals surface area contributed by atoms with E-state index in [0.717, 1.165) is 0 Å². The highest BCUT2D eigenvalue weighted by atomic mass is 32.1. The SMILES string of the molecule is N[C@@H](CS)C(=O)N[C@@H](CC(=O)O)C(=O)N[C@@H](Cc1cnc[nH]1)C(=O)N[C@@H](CC(=O)O)C(=O)N[C@@H](Cc1cnc[nH]1)C(=O)N[C@@H](CS)C(=O)O. The molecule has 0 fully saturated rings. The molecule has 6 atom stereocenters. The molecule has 23 heteroatoms. The summed E-state index contributed by atoms with van der Waals surface area (Å²) in [5.41, 5.74) is 6.22. The van der Waals surface area contributed by atoms with Gasteiger partial charge in [0.05, 0.1) is 31.5 Å². The highest BCUT2D eigenvalue weighted by molar-refractivity contribution is 7.80. The Morgan fingerprint density at radius 3 is 1.31 bits per heavy atom. The number of carbonyl (C=O) groups excluding carboxylic acids is 5. The minimum Gasteiger partial charge on any atom is -0.481 e. The van der Waals surface area contributed by atoms with Crippen molar-refractivity contribution in [2.24, 2.45) is 5.73 Å².